The first kappa shape index (κ1) is 35.4. The van der Waals surface area contributed by atoms with E-state index in [4.69, 9.17) is 0 Å². The van der Waals surface area contributed by atoms with Gasteiger partial charge in [0, 0.05) is 0 Å². The molecular weight excluding hydrogens is 900 g/mol. The third-order valence-corrected chi connectivity index (χ3v) is 20.6. The molecule has 0 atom stereocenters. The quantitative estimate of drug-likeness (QED) is 0.127. The van der Waals surface area contributed by atoms with Gasteiger partial charge in [0.1, 0.15) is 0 Å². The predicted octanol–water partition coefficient (Wildman–Crippen LogP) is 6.46. The zero-order chi connectivity index (χ0) is 32.5. The summed E-state index contributed by atoms with van der Waals surface area (Å²) in [6, 6.07) is 74.1. The summed E-state index contributed by atoms with van der Waals surface area (Å²) in [4.78, 5) is 0. The van der Waals surface area contributed by atoms with Crippen molar-refractivity contribution >= 4 is 79.0 Å². The Bertz CT molecular complexity index is 1530. The van der Waals surface area contributed by atoms with E-state index < -0.39 is 29.3 Å². The molecule has 0 spiro atoms. The van der Waals surface area contributed by atoms with Crippen LogP contribution in [0, 0.1) is 6.92 Å². The predicted molar refractivity (Wildman–Crippen MR) is 213 cm³/mol. The third kappa shape index (κ3) is 11.0. The van der Waals surface area contributed by atoms with Crippen LogP contribution in [0.25, 0.3) is 0 Å². The molecule has 0 amide bonds. The van der Waals surface area contributed by atoms with Crippen LogP contribution in [0.3, 0.4) is 0 Å². The standard InChI is InChI=1S/2C18H15As.C7H7.HI.Pd/c2*1-4-10-16(11-5-1)19(17-12-6-2-7-13-17)18-14-8-3-9-15-18;1-7-5-3-2-4-6-7;;/h2*1-15H;3-6H,1H3;1H;/q;;;;+1/p-1. The molecule has 47 heavy (non-hydrogen) atoms. The summed E-state index contributed by atoms with van der Waals surface area (Å²) in [7, 11) is 0. The molecule has 0 heterocycles. The monoisotopic (exact) mass is 936 g/mol. The first-order valence-corrected chi connectivity index (χ1v) is 26.4. The topological polar surface area (TPSA) is 0 Å². The second-order valence-corrected chi connectivity index (χ2v) is 23.0. The van der Waals surface area contributed by atoms with E-state index in [0.717, 1.165) is 14.4 Å². The van der Waals surface area contributed by atoms with Crippen molar-refractivity contribution in [3.8, 4) is 0 Å². The first-order chi connectivity index (χ1) is 23.2. The van der Waals surface area contributed by atoms with Crippen LogP contribution in [0.4, 0.5) is 0 Å². The SMILES string of the molecule is Cc1cc[c]([Pd][I])cc1.c1ccc([As](c2ccccc2)c2ccccc2)cc1.c1ccc([As](c2ccccc2)c2ccccc2)cc1. The fourth-order valence-corrected chi connectivity index (χ4v) is 16.4. The van der Waals surface area contributed by atoms with Gasteiger partial charge in [0.05, 0.1) is 0 Å². The normalized spacial score (nSPS) is 10.5. The molecule has 0 N–H and O–H groups in total. The molecule has 0 saturated carbocycles. The number of hydrogen-bond donors (Lipinski definition) is 0. The minimum atomic E-state index is -1.39. The van der Waals surface area contributed by atoms with Crippen LogP contribution in [-0.2, 0) is 14.4 Å². The maximum atomic E-state index is 2.42. The van der Waals surface area contributed by atoms with E-state index >= 15 is 0 Å². The molecule has 0 saturated heterocycles. The van der Waals surface area contributed by atoms with Crippen molar-refractivity contribution in [2.75, 3.05) is 0 Å². The minimum absolute atomic E-state index is 0.726. The van der Waals surface area contributed by atoms with Crippen LogP contribution in [0.1, 0.15) is 5.56 Å². The molecule has 7 aromatic carbocycles. The Kier molecular flexibility index (Phi) is 14.9. The molecule has 7 rings (SSSR count). The van der Waals surface area contributed by atoms with E-state index in [2.05, 4.69) is 233 Å². The van der Waals surface area contributed by atoms with Crippen molar-refractivity contribution in [1.29, 1.82) is 0 Å². The number of halogens is 1. The van der Waals surface area contributed by atoms with Gasteiger partial charge in [0.2, 0.25) is 0 Å². The van der Waals surface area contributed by atoms with Gasteiger partial charge >= 0.3 is 312 Å². The van der Waals surface area contributed by atoms with E-state index in [0.29, 0.717) is 0 Å². The fraction of sp³-hybridized carbons (Fsp3) is 0.0233. The summed E-state index contributed by atoms with van der Waals surface area (Å²) >= 11 is 0.362. The van der Waals surface area contributed by atoms with Crippen LogP contribution >= 0.6 is 19.5 Å². The van der Waals surface area contributed by atoms with Gasteiger partial charge in [-0.2, -0.15) is 0 Å². The van der Waals surface area contributed by atoms with Crippen LogP contribution in [0.15, 0.2) is 206 Å². The summed E-state index contributed by atoms with van der Waals surface area (Å²) in [6.45, 7) is 2.11. The molecule has 236 valence electrons. The third-order valence-electron chi connectivity index (χ3n) is 7.15. The molecule has 7 aromatic rings. The molecule has 0 nitrogen and oxygen atoms in total. The van der Waals surface area contributed by atoms with Crippen molar-refractivity contribution in [1.82, 2.24) is 0 Å². The Balaban J connectivity index is 0.000000148. The Morgan fingerprint density at radius 1 is 0.319 bits per heavy atom. The maximum absolute atomic E-state index is 2.42. The van der Waals surface area contributed by atoms with E-state index in [1.165, 1.54) is 35.7 Å². The van der Waals surface area contributed by atoms with Crippen molar-refractivity contribution in [3.05, 3.63) is 212 Å². The van der Waals surface area contributed by atoms with Gasteiger partial charge in [-0.1, -0.05) is 0 Å². The van der Waals surface area contributed by atoms with Crippen LogP contribution in [-0.4, -0.2) is 29.3 Å². The Hall–Kier alpha value is -2.95. The van der Waals surface area contributed by atoms with Gasteiger partial charge < -0.3 is 0 Å². The van der Waals surface area contributed by atoms with Gasteiger partial charge in [-0.25, -0.2) is 0 Å². The van der Waals surface area contributed by atoms with E-state index in [1.807, 2.05) is 0 Å². The molecule has 0 aliphatic carbocycles. The van der Waals surface area contributed by atoms with Gasteiger partial charge in [-0.15, -0.1) is 0 Å². The molecule has 0 unspecified atom stereocenters. The summed E-state index contributed by atoms with van der Waals surface area (Å²) in [5.41, 5.74) is 1.34. The van der Waals surface area contributed by atoms with E-state index in [9.17, 15) is 0 Å². The van der Waals surface area contributed by atoms with Crippen molar-refractivity contribution < 1.29 is 14.4 Å². The summed E-state index contributed by atoms with van der Waals surface area (Å²) in [5.74, 6) is 0. The zero-order valence-electron chi connectivity index (χ0n) is 26.2. The molecule has 0 radical (unpaired) electrons. The number of hydrogen-bond acceptors (Lipinski definition) is 0. The molecule has 0 bridgehead atoms. The number of benzene rings is 7. The fourth-order valence-electron chi connectivity index (χ4n) is 4.92. The van der Waals surface area contributed by atoms with Crippen LogP contribution in [0.5, 0.6) is 0 Å². The Morgan fingerprint density at radius 3 is 0.723 bits per heavy atom. The van der Waals surface area contributed by atoms with E-state index in [1.54, 1.807) is 0 Å². The Morgan fingerprint density at radius 2 is 0.532 bits per heavy atom. The van der Waals surface area contributed by atoms with Crippen molar-refractivity contribution in [2.24, 2.45) is 0 Å². The van der Waals surface area contributed by atoms with Crippen LogP contribution in [0.2, 0.25) is 0 Å². The number of aryl methyl sites for hydroxylation is 1. The molecule has 0 aromatic heterocycles. The average molecular weight is 937 g/mol. The molecular formula is C43H37As2IPd. The second kappa shape index (κ2) is 19.8. The van der Waals surface area contributed by atoms with Gasteiger partial charge in [-0.05, 0) is 0 Å². The zero-order valence-corrected chi connectivity index (χ0v) is 33.7. The van der Waals surface area contributed by atoms with Gasteiger partial charge in [0.25, 0.3) is 0 Å². The Labute approximate surface area is 309 Å². The first-order valence-electron chi connectivity index (χ1n) is 15.4. The van der Waals surface area contributed by atoms with Crippen LogP contribution < -0.4 is 30.1 Å². The molecule has 0 fully saturated rings. The van der Waals surface area contributed by atoms with Crippen molar-refractivity contribution in [2.45, 2.75) is 6.92 Å². The number of rotatable bonds is 7. The molecule has 0 aliphatic rings. The molecule has 0 aliphatic heterocycles. The summed E-state index contributed by atoms with van der Waals surface area (Å²) in [5, 5.41) is 0. The molecule has 4 heteroatoms. The average Bonchev–Trinajstić information content (AvgIpc) is 3.15. The van der Waals surface area contributed by atoms with Crippen molar-refractivity contribution in [3.63, 3.8) is 0 Å². The summed E-state index contributed by atoms with van der Waals surface area (Å²) in [6.07, 6.45) is 0. The van der Waals surface area contributed by atoms with Gasteiger partial charge in [-0.3, -0.25) is 0 Å². The van der Waals surface area contributed by atoms with E-state index in [-0.39, 0.29) is 0 Å². The second-order valence-electron chi connectivity index (χ2n) is 10.5. The summed E-state index contributed by atoms with van der Waals surface area (Å²) < 4.78 is 10.3. The van der Waals surface area contributed by atoms with Gasteiger partial charge in [0.15, 0.2) is 0 Å².